The van der Waals surface area contributed by atoms with Crippen molar-refractivity contribution < 1.29 is 9.53 Å². The lowest BCUT2D eigenvalue weighted by Gasteiger charge is -2.40. The van der Waals surface area contributed by atoms with Crippen LogP contribution in [-0.2, 0) is 16.1 Å². The molecule has 2 heterocycles. The summed E-state index contributed by atoms with van der Waals surface area (Å²) >= 11 is 3.10. The zero-order chi connectivity index (χ0) is 21.1. The van der Waals surface area contributed by atoms with E-state index < -0.39 is 0 Å². The van der Waals surface area contributed by atoms with Gasteiger partial charge in [0.1, 0.15) is 11.1 Å². The number of ether oxygens (including phenoxy) is 1. The fraction of sp³-hybridized carbons (Fsp3) is 0.261. The van der Waals surface area contributed by atoms with Gasteiger partial charge in [0.05, 0.1) is 34.9 Å². The van der Waals surface area contributed by atoms with Crippen molar-refractivity contribution in [3.8, 4) is 6.07 Å². The molecular formula is C23H21N3O2S2. The number of amides is 1. The molecule has 0 N–H and O–H groups in total. The molecule has 0 spiro atoms. The smallest absolute Gasteiger partial charge is 0.238 e. The van der Waals surface area contributed by atoms with Gasteiger partial charge in [-0.2, -0.15) is 5.26 Å². The first-order valence-electron chi connectivity index (χ1n) is 9.57. The van der Waals surface area contributed by atoms with E-state index in [4.69, 9.17) is 4.74 Å². The molecule has 7 heteroatoms. The number of carbonyl (C=O) groups excluding carboxylic acids is 1. The van der Waals surface area contributed by atoms with Crippen molar-refractivity contribution in [1.82, 2.24) is 4.98 Å². The predicted molar refractivity (Wildman–Crippen MR) is 121 cm³/mol. The third kappa shape index (κ3) is 4.04. The molecule has 0 bridgehead atoms. The van der Waals surface area contributed by atoms with E-state index in [9.17, 15) is 10.1 Å². The molecule has 1 aliphatic carbocycles. The van der Waals surface area contributed by atoms with E-state index >= 15 is 0 Å². The molecule has 0 saturated heterocycles. The van der Waals surface area contributed by atoms with Gasteiger partial charge in [0.25, 0.3) is 0 Å². The lowest BCUT2D eigenvalue weighted by atomic mass is 10.0. The molecule has 0 fully saturated rings. The Morgan fingerprint density at radius 1 is 1.33 bits per heavy atom. The molecule has 0 radical (unpaired) electrons. The van der Waals surface area contributed by atoms with Crippen LogP contribution in [0, 0.1) is 18.3 Å². The molecule has 30 heavy (non-hydrogen) atoms. The molecule has 5 nitrogen and oxygen atoms in total. The van der Waals surface area contributed by atoms with Gasteiger partial charge in [-0.05, 0) is 30.7 Å². The number of allylic oxidation sites excluding steroid dienone is 2. The maximum absolute atomic E-state index is 13.4. The summed E-state index contributed by atoms with van der Waals surface area (Å²) in [6, 6.07) is 12.1. The number of thioether (sulfide) groups is 2. The number of methoxy groups -OCH3 is 1. The fourth-order valence-electron chi connectivity index (χ4n) is 3.68. The Bertz CT molecular complexity index is 1070. The van der Waals surface area contributed by atoms with E-state index in [0.717, 1.165) is 21.8 Å². The van der Waals surface area contributed by atoms with Crippen molar-refractivity contribution in [2.45, 2.75) is 34.7 Å². The number of pyridine rings is 1. The third-order valence-electron chi connectivity index (χ3n) is 4.95. The number of aryl methyl sites for hydroxylation is 1. The summed E-state index contributed by atoms with van der Waals surface area (Å²) in [5.74, 6) is 0.209. The van der Waals surface area contributed by atoms with Crippen molar-refractivity contribution in [1.29, 1.82) is 5.26 Å². The Labute approximate surface area is 184 Å². The van der Waals surface area contributed by atoms with Gasteiger partial charge in [0.2, 0.25) is 5.91 Å². The van der Waals surface area contributed by atoms with Crippen LogP contribution in [0.5, 0.6) is 0 Å². The molecule has 1 aliphatic heterocycles. The summed E-state index contributed by atoms with van der Waals surface area (Å²) in [4.78, 5) is 20.9. The number of para-hydroxylation sites is 1. The van der Waals surface area contributed by atoms with Crippen LogP contribution in [0.25, 0.3) is 0 Å². The largest absolute Gasteiger partial charge is 0.380 e. The van der Waals surface area contributed by atoms with Gasteiger partial charge in [-0.25, -0.2) is 4.98 Å². The predicted octanol–water partition coefficient (Wildman–Crippen LogP) is 4.50. The summed E-state index contributed by atoms with van der Waals surface area (Å²) in [5, 5.41) is 10.4. The summed E-state index contributed by atoms with van der Waals surface area (Å²) < 4.78 is 5.22. The van der Waals surface area contributed by atoms with Crippen molar-refractivity contribution in [2.75, 3.05) is 17.8 Å². The van der Waals surface area contributed by atoms with Gasteiger partial charge in [-0.1, -0.05) is 48.2 Å². The van der Waals surface area contributed by atoms with Crippen LogP contribution < -0.4 is 4.90 Å². The van der Waals surface area contributed by atoms with Gasteiger partial charge < -0.3 is 9.64 Å². The minimum absolute atomic E-state index is 0.00295. The van der Waals surface area contributed by atoms with Gasteiger partial charge in [0.15, 0.2) is 0 Å². The van der Waals surface area contributed by atoms with Gasteiger partial charge >= 0.3 is 0 Å². The Balaban J connectivity index is 1.61. The molecular weight excluding hydrogens is 414 g/mol. The summed E-state index contributed by atoms with van der Waals surface area (Å²) in [6.07, 6.45) is 8.26. The molecule has 1 aromatic heterocycles. The van der Waals surface area contributed by atoms with Crippen LogP contribution in [-0.4, -0.2) is 35.0 Å². The maximum Gasteiger partial charge on any atom is 0.238 e. The van der Waals surface area contributed by atoms with Gasteiger partial charge in [0, 0.05) is 17.7 Å². The van der Waals surface area contributed by atoms with Crippen molar-refractivity contribution in [3.05, 3.63) is 71.5 Å². The maximum atomic E-state index is 13.4. The second-order valence-electron chi connectivity index (χ2n) is 7.01. The molecule has 152 valence electrons. The van der Waals surface area contributed by atoms with Crippen LogP contribution in [0.3, 0.4) is 0 Å². The van der Waals surface area contributed by atoms with Crippen LogP contribution >= 0.6 is 23.5 Å². The van der Waals surface area contributed by atoms with Crippen molar-refractivity contribution in [2.24, 2.45) is 0 Å². The first-order chi connectivity index (χ1) is 14.6. The number of hydrogen-bond acceptors (Lipinski definition) is 6. The fourth-order valence-corrected chi connectivity index (χ4v) is 5.87. The molecule has 2 atom stereocenters. The van der Waals surface area contributed by atoms with Crippen LogP contribution in [0.15, 0.2) is 64.6 Å². The molecule has 4 rings (SSSR count). The topological polar surface area (TPSA) is 66.2 Å². The van der Waals surface area contributed by atoms with Crippen molar-refractivity contribution >= 4 is 35.1 Å². The summed E-state index contributed by atoms with van der Waals surface area (Å²) in [5.41, 5.74) is 3.01. The number of nitriles is 1. The lowest BCUT2D eigenvalue weighted by molar-refractivity contribution is -0.116. The standard InChI is InChI=1S/C23H21N3O2S2/c1-15-11-16(13-28-2)17(12-24)23(25-15)29-14-22(27)26-18-7-3-5-9-20(18)30-21-10-6-4-8-19(21)26/h3-11,18,20H,13-14H2,1-2H3/t18-,20+/m0/s1. The molecule has 2 aliphatic rings. The highest BCUT2D eigenvalue weighted by Gasteiger charge is 2.36. The first kappa shape index (κ1) is 20.7. The van der Waals surface area contributed by atoms with E-state index in [1.165, 1.54) is 11.8 Å². The van der Waals surface area contributed by atoms with E-state index in [-0.39, 0.29) is 23.0 Å². The second-order valence-corrected chi connectivity index (χ2v) is 9.19. The highest BCUT2D eigenvalue weighted by Crippen LogP contribution is 2.43. The van der Waals surface area contributed by atoms with Crippen LogP contribution in [0.4, 0.5) is 5.69 Å². The minimum atomic E-state index is -0.0204. The number of nitrogens with zero attached hydrogens (tertiary/aromatic N) is 3. The number of anilines is 1. The Hall–Kier alpha value is -2.53. The van der Waals surface area contributed by atoms with E-state index in [1.807, 2.05) is 48.2 Å². The van der Waals surface area contributed by atoms with E-state index in [1.54, 1.807) is 18.9 Å². The molecule has 1 amide bonds. The Morgan fingerprint density at radius 2 is 2.13 bits per heavy atom. The Kier molecular flexibility index (Phi) is 6.28. The number of aromatic nitrogens is 1. The average Bonchev–Trinajstić information content (AvgIpc) is 2.75. The molecule has 1 aromatic carbocycles. The number of carbonyl (C=O) groups is 1. The third-order valence-corrected chi connectivity index (χ3v) is 7.22. The monoisotopic (exact) mass is 435 g/mol. The normalized spacial score (nSPS) is 19.2. The average molecular weight is 436 g/mol. The Morgan fingerprint density at radius 3 is 2.93 bits per heavy atom. The zero-order valence-electron chi connectivity index (χ0n) is 16.7. The highest BCUT2D eigenvalue weighted by atomic mass is 32.2. The number of hydrogen-bond donors (Lipinski definition) is 0. The first-order valence-corrected chi connectivity index (χ1v) is 11.4. The highest BCUT2D eigenvalue weighted by molar-refractivity contribution is 8.00. The number of benzene rings is 1. The second kappa shape index (κ2) is 9.09. The van der Waals surface area contributed by atoms with E-state index in [0.29, 0.717) is 17.2 Å². The van der Waals surface area contributed by atoms with Crippen molar-refractivity contribution in [3.63, 3.8) is 0 Å². The summed E-state index contributed by atoms with van der Waals surface area (Å²) in [6.45, 7) is 2.22. The summed E-state index contributed by atoms with van der Waals surface area (Å²) in [7, 11) is 1.60. The van der Waals surface area contributed by atoms with E-state index in [2.05, 4.69) is 29.3 Å². The lowest BCUT2D eigenvalue weighted by Crippen LogP contribution is -2.48. The number of rotatable bonds is 5. The zero-order valence-corrected chi connectivity index (χ0v) is 18.4. The number of fused-ring (bicyclic) bond motifs is 2. The minimum Gasteiger partial charge on any atom is -0.380 e. The quantitative estimate of drug-likeness (QED) is 0.644. The molecule has 2 aromatic rings. The van der Waals surface area contributed by atoms with Crippen LogP contribution in [0.2, 0.25) is 0 Å². The molecule has 0 saturated carbocycles. The van der Waals surface area contributed by atoms with Gasteiger partial charge in [-0.3, -0.25) is 4.79 Å². The van der Waals surface area contributed by atoms with Gasteiger partial charge in [-0.15, -0.1) is 11.8 Å². The SMILES string of the molecule is COCc1cc(C)nc(SCC(=O)N2c3ccccc3S[C@@H]3C=CC=C[C@@H]32)c1C#N. The van der Waals surface area contributed by atoms with Crippen LogP contribution in [0.1, 0.15) is 16.8 Å². The molecule has 0 unspecified atom stereocenters.